The van der Waals surface area contributed by atoms with Crippen LogP contribution < -0.4 is 10.1 Å². The lowest BCUT2D eigenvalue weighted by molar-refractivity contribution is 0.101. The molecular formula is C25H24N4O2. The number of carbonyl (C=O) groups is 1. The van der Waals surface area contributed by atoms with E-state index >= 15 is 0 Å². The van der Waals surface area contributed by atoms with Crippen LogP contribution in [0.25, 0.3) is 17.1 Å². The molecule has 3 aromatic carbocycles. The van der Waals surface area contributed by atoms with Gasteiger partial charge in [0.2, 0.25) is 5.82 Å². The Labute approximate surface area is 181 Å². The zero-order valence-electron chi connectivity index (χ0n) is 18.0. The predicted molar refractivity (Wildman–Crippen MR) is 122 cm³/mol. The second-order valence-electron chi connectivity index (χ2n) is 7.44. The zero-order valence-corrected chi connectivity index (χ0v) is 18.0. The summed E-state index contributed by atoms with van der Waals surface area (Å²) >= 11 is 0. The van der Waals surface area contributed by atoms with Crippen molar-refractivity contribution in [2.45, 2.75) is 20.8 Å². The van der Waals surface area contributed by atoms with Crippen LogP contribution in [-0.4, -0.2) is 27.8 Å². The first kappa shape index (κ1) is 20.3. The highest BCUT2D eigenvalue weighted by Gasteiger charge is 2.20. The van der Waals surface area contributed by atoms with Crippen LogP contribution in [0.2, 0.25) is 0 Å². The average molecular weight is 412 g/mol. The third-order valence-corrected chi connectivity index (χ3v) is 5.24. The van der Waals surface area contributed by atoms with Crippen molar-refractivity contribution in [3.63, 3.8) is 0 Å². The number of anilines is 1. The van der Waals surface area contributed by atoms with Crippen LogP contribution in [0.3, 0.4) is 0 Å². The van der Waals surface area contributed by atoms with Gasteiger partial charge in [-0.25, -0.2) is 9.67 Å². The molecule has 0 aliphatic rings. The van der Waals surface area contributed by atoms with E-state index in [4.69, 9.17) is 4.74 Å². The summed E-state index contributed by atoms with van der Waals surface area (Å²) in [6.45, 7) is 6.13. The van der Waals surface area contributed by atoms with E-state index in [1.54, 1.807) is 36.1 Å². The summed E-state index contributed by atoms with van der Waals surface area (Å²) in [6.07, 6.45) is 0. The largest absolute Gasteiger partial charge is 0.497 e. The summed E-state index contributed by atoms with van der Waals surface area (Å²) in [7, 11) is 1.60. The lowest BCUT2D eigenvalue weighted by atomic mass is 10.1. The third kappa shape index (κ3) is 4.19. The van der Waals surface area contributed by atoms with Crippen LogP contribution >= 0.6 is 0 Å². The number of methoxy groups -OCH3 is 1. The van der Waals surface area contributed by atoms with Crippen LogP contribution in [0.5, 0.6) is 5.75 Å². The predicted octanol–water partition coefficient (Wildman–Crippen LogP) is 5.12. The maximum atomic E-state index is 12.9. The molecule has 0 unspecified atom stereocenters. The first-order chi connectivity index (χ1) is 15.0. The zero-order chi connectivity index (χ0) is 22.0. The fourth-order valence-corrected chi connectivity index (χ4v) is 3.37. The van der Waals surface area contributed by atoms with Crippen LogP contribution in [0.1, 0.15) is 27.3 Å². The number of rotatable bonds is 5. The van der Waals surface area contributed by atoms with Crippen LogP contribution in [0.4, 0.5) is 5.69 Å². The first-order valence-corrected chi connectivity index (χ1v) is 10.0. The molecule has 1 amide bonds. The van der Waals surface area contributed by atoms with Gasteiger partial charge in [-0.3, -0.25) is 4.79 Å². The molecule has 0 aliphatic heterocycles. The van der Waals surface area contributed by atoms with Gasteiger partial charge >= 0.3 is 0 Å². The van der Waals surface area contributed by atoms with Crippen molar-refractivity contribution in [3.05, 3.63) is 89.2 Å². The van der Waals surface area contributed by atoms with Gasteiger partial charge in [-0.2, -0.15) is 0 Å². The Morgan fingerprint density at radius 1 is 0.968 bits per heavy atom. The number of nitrogens with one attached hydrogen (secondary N) is 1. The molecule has 1 aromatic heterocycles. The number of benzene rings is 3. The van der Waals surface area contributed by atoms with E-state index in [0.717, 1.165) is 33.7 Å². The highest BCUT2D eigenvalue weighted by Crippen LogP contribution is 2.25. The summed E-state index contributed by atoms with van der Waals surface area (Å²) in [5.41, 5.74) is 5.78. The maximum absolute atomic E-state index is 12.9. The van der Waals surface area contributed by atoms with Gasteiger partial charge in [0.1, 0.15) is 5.75 Å². The number of aromatic nitrogens is 3. The summed E-state index contributed by atoms with van der Waals surface area (Å²) in [5, 5.41) is 7.44. The minimum Gasteiger partial charge on any atom is -0.497 e. The molecule has 0 atom stereocenters. The maximum Gasteiger partial charge on any atom is 0.295 e. The van der Waals surface area contributed by atoms with Gasteiger partial charge in [0.25, 0.3) is 5.91 Å². The molecule has 0 saturated carbocycles. The Kier molecular flexibility index (Phi) is 5.54. The first-order valence-electron chi connectivity index (χ1n) is 10.0. The van der Waals surface area contributed by atoms with Crippen molar-refractivity contribution in [2.24, 2.45) is 0 Å². The van der Waals surface area contributed by atoms with Crippen molar-refractivity contribution >= 4 is 11.6 Å². The van der Waals surface area contributed by atoms with E-state index in [0.29, 0.717) is 11.5 Å². The number of ether oxygens (including phenoxy) is 1. The minimum atomic E-state index is -0.372. The quantitative estimate of drug-likeness (QED) is 0.494. The molecular weight excluding hydrogens is 388 g/mol. The van der Waals surface area contributed by atoms with Crippen molar-refractivity contribution in [3.8, 4) is 22.8 Å². The van der Waals surface area contributed by atoms with Gasteiger partial charge < -0.3 is 10.1 Å². The van der Waals surface area contributed by atoms with Crippen molar-refractivity contribution < 1.29 is 9.53 Å². The number of amides is 1. The fourth-order valence-electron chi connectivity index (χ4n) is 3.37. The fraction of sp³-hybridized carbons (Fsp3) is 0.160. The lowest BCUT2D eigenvalue weighted by Gasteiger charge is -2.11. The van der Waals surface area contributed by atoms with Gasteiger partial charge in [-0.1, -0.05) is 35.9 Å². The Morgan fingerprint density at radius 2 is 1.71 bits per heavy atom. The second kappa shape index (κ2) is 8.44. The Hall–Kier alpha value is -3.93. The average Bonchev–Trinajstić information content (AvgIpc) is 3.22. The molecule has 1 N–H and O–H groups in total. The highest BCUT2D eigenvalue weighted by molar-refractivity contribution is 6.01. The second-order valence-corrected chi connectivity index (χ2v) is 7.44. The van der Waals surface area contributed by atoms with E-state index in [9.17, 15) is 4.79 Å². The molecule has 156 valence electrons. The molecule has 0 aliphatic carbocycles. The minimum absolute atomic E-state index is 0.105. The van der Waals surface area contributed by atoms with E-state index in [-0.39, 0.29) is 11.7 Å². The van der Waals surface area contributed by atoms with Crippen molar-refractivity contribution in [1.82, 2.24) is 14.8 Å². The third-order valence-electron chi connectivity index (χ3n) is 5.24. The molecule has 0 spiro atoms. The Bertz CT molecular complexity index is 1240. The number of hydrogen-bond donors (Lipinski definition) is 1. The van der Waals surface area contributed by atoms with Gasteiger partial charge in [0.05, 0.1) is 12.8 Å². The smallest absolute Gasteiger partial charge is 0.295 e. The summed E-state index contributed by atoms with van der Waals surface area (Å²) in [5.74, 6) is 1.07. The molecule has 0 radical (unpaired) electrons. The standard InChI is InChI=1S/C25H24N4O2/c1-16-7-5-9-19(15-16)24-27-23(25(30)26-20-11-13-21(31-4)14-12-20)28-29(24)22-10-6-8-17(2)18(22)3/h5-15H,1-4H3,(H,26,30). The number of nitrogens with zero attached hydrogens (tertiary/aromatic N) is 3. The molecule has 1 heterocycles. The van der Waals surface area contributed by atoms with Gasteiger partial charge in [-0.15, -0.1) is 5.10 Å². The van der Waals surface area contributed by atoms with Crippen LogP contribution in [0.15, 0.2) is 66.7 Å². The number of carbonyl (C=O) groups excluding carboxylic acids is 1. The molecule has 6 nitrogen and oxygen atoms in total. The SMILES string of the molecule is COc1ccc(NC(=O)c2nc(-c3cccc(C)c3)n(-c3cccc(C)c3C)n2)cc1. The van der Waals surface area contributed by atoms with E-state index in [1.165, 1.54) is 0 Å². The topological polar surface area (TPSA) is 69.0 Å². The van der Waals surface area contributed by atoms with Gasteiger partial charge in [0.15, 0.2) is 5.82 Å². The molecule has 4 rings (SSSR count). The summed E-state index contributed by atoms with van der Waals surface area (Å²) in [4.78, 5) is 17.5. The monoisotopic (exact) mass is 412 g/mol. The van der Waals surface area contributed by atoms with E-state index in [1.807, 2.05) is 50.2 Å². The Morgan fingerprint density at radius 3 is 2.42 bits per heavy atom. The van der Waals surface area contributed by atoms with E-state index in [2.05, 4.69) is 28.4 Å². The highest BCUT2D eigenvalue weighted by atomic mass is 16.5. The summed E-state index contributed by atoms with van der Waals surface area (Å²) in [6, 6.07) is 21.2. The van der Waals surface area contributed by atoms with E-state index < -0.39 is 0 Å². The van der Waals surface area contributed by atoms with Gasteiger partial charge in [0, 0.05) is 11.3 Å². The van der Waals surface area contributed by atoms with Crippen molar-refractivity contribution in [2.75, 3.05) is 12.4 Å². The number of hydrogen-bond acceptors (Lipinski definition) is 4. The number of aryl methyl sites for hydroxylation is 2. The molecule has 0 saturated heterocycles. The van der Waals surface area contributed by atoms with Crippen molar-refractivity contribution in [1.29, 1.82) is 0 Å². The van der Waals surface area contributed by atoms with Crippen LogP contribution in [-0.2, 0) is 0 Å². The Balaban J connectivity index is 1.77. The summed E-state index contributed by atoms with van der Waals surface area (Å²) < 4.78 is 6.92. The molecule has 6 heteroatoms. The molecule has 0 fully saturated rings. The molecule has 31 heavy (non-hydrogen) atoms. The normalized spacial score (nSPS) is 10.7. The molecule has 0 bridgehead atoms. The van der Waals surface area contributed by atoms with Gasteiger partial charge in [-0.05, 0) is 68.3 Å². The van der Waals surface area contributed by atoms with Crippen LogP contribution in [0, 0.1) is 20.8 Å². The lowest BCUT2D eigenvalue weighted by Crippen LogP contribution is -2.14. The molecule has 4 aromatic rings.